The van der Waals surface area contributed by atoms with Gasteiger partial charge in [-0.2, -0.15) is 0 Å². The smallest absolute Gasteiger partial charge is 0.319 e. The Morgan fingerprint density at radius 2 is 2.09 bits per heavy atom. The van der Waals surface area contributed by atoms with Crippen molar-refractivity contribution in [2.45, 2.75) is 24.8 Å². The number of hydrogen-bond donors (Lipinski definition) is 2. The number of hydrogen-bond acceptors (Lipinski definition) is 3. The summed E-state index contributed by atoms with van der Waals surface area (Å²) in [6.07, 6.45) is -0.101. The SMILES string of the molecule is O=C(NCc1nc(Cl)cs1)Nc1ccc(C2CC2(F)F)cc1. The summed E-state index contributed by atoms with van der Waals surface area (Å²) in [5, 5.41) is 8.06. The molecule has 0 spiro atoms. The first-order valence-corrected chi connectivity index (χ1v) is 7.82. The molecule has 4 nitrogen and oxygen atoms in total. The number of rotatable bonds is 4. The van der Waals surface area contributed by atoms with Crippen LogP contribution in [0.3, 0.4) is 0 Å². The van der Waals surface area contributed by atoms with Crippen molar-refractivity contribution in [3.8, 4) is 0 Å². The van der Waals surface area contributed by atoms with Crippen LogP contribution < -0.4 is 10.6 Å². The topological polar surface area (TPSA) is 54.0 Å². The fourth-order valence-corrected chi connectivity index (χ4v) is 2.95. The maximum Gasteiger partial charge on any atom is 0.319 e. The average Bonchev–Trinajstić information content (AvgIpc) is 2.91. The van der Waals surface area contributed by atoms with Crippen LogP contribution in [0.15, 0.2) is 29.6 Å². The summed E-state index contributed by atoms with van der Waals surface area (Å²) in [6.45, 7) is 0.273. The lowest BCUT2D eigenvalue weighted by molar-refractivity contribution is 0.112. The Labute approximate surface area is 134 Å². The standard InChI is InChI=1S/C14H12ClF2N3OS/c15-11-7-22-12(20-11)6-18-13(21)19-9-3-1-8(2-4-9)10-5-14(10,16)17/h1-4,7,10H,5-6H2,(H2,18,19,21). The zero-order valence-electron chi connectivity index (χ0n) is 11.3. The van der Waals surface area contributed by atoms with Crippen molar-refractivity contribution in [2.24, 2.45) is 0 Å². The summed E-state index contributed by atoms with van der Waals surface area (Å²) in [5.74, 6) is -3.27. The van der Waals surface area contributed by atoms with Crippen molar-refractivity contribution in [1.82, 2.24) is 10.3 Å². The predicted octanol–water partition coefficient (Wildman–Crippen LogP) is 4.24. The molecule has 1 atom stereocenters. The van der Waals surface area contributed by atoms with E-state index in [0.717, 1.165) is 0 Å². The van der Waals surface area contributed by atoms with Crippen molar-refractivity contribution in [1.29, 1.82) is 0 Å². The number of amides is 2. The van der Waals surface area contributed by atoms with Gasteiger partial charge in [0, 0.05) is 17.5 Å². The second kappa shape index (κ2) is 5.81. The molecule has 2 amide bonds. The van der Waals surface area contributed by atoms with Crippen molar-refractivity contribution in [2.75, 3.05) is 5.32 Å². The molecular formula is C14H12ClF2N3OS. The zero-order chi connectivity index (χ0) is 15.7. The molecule has 1 aromatic heterocycles. The summed E-state index contributed by atoms with van der Waals surface area (Å²) < 4.78 is 25.9. The van der Waals surface area contributed by atoms with Crippen LogP contribution in [-0.2, 0) is 6.54 Å². The number of alkyl halides is 2. The second-order valence-corrected chi connectivity index (χ2v) is 6.34. The van der Waals surface area contributed by atoms with Gasteiger partial charge in [0.2, 0.25) is 0 Å². The molecular weight excluding hydrogens is 332 g/mol. The van der Waals surface area contributed by atoms with Crippen LogP contribution in [-0.4, -0.2) is 16.9 Å². The Hall–Kier alpha value is -1.73. The Kier molecular flexibility index (Phi) is 4.01. The van der Waals surface area contributed by atoms with Gasteiger partial charge in [0.25, 0.3) is 5.92 Å². The highest BCUT2D eigenvalue weighted by molar-refractivity contribution is 7.10. The normalized spacial score (nSPS) is 18.8. The van der Waals surface area contributed by atoms with Gasteiger partial charge in [-0.25, -0.2) is 18.6 Å². The lowest BCUT2D eigenvalue weighted by atomic mass is 10.1. The third-order valence-electron chi connectivity index (χ3n) is 3.32. The summed E-state index contributed by atoms with van der Waals surface area (Å²) in [4.78, 5) is 15.7. The molecule has 1 fully saturated rings. The van der Waals surface area contributed by atoms with E-state index in [1.165, 1.54) is 11.3 Å². The molecule has 0 bridgehead atoms. The van der Waals surface area contributed by atoms with Crippen LogP contribution in [0.1, 0.15) is 22.9 Å². The molecule has 2 N–H and O–H groups in total. The molecule has 22 heavy (non-hydrogen) atoms. The minimum atomic E-state index is -2.58. The van der Waals surface area contributed by atoms with Gasteiger partial charge in [-0.1, -0.05) is 23.7 Å². The summed E-state index contributed by atoms with van der Waals surface area (Å²) >= 11 is 7.04. The van der Waals surface area contributed by atoms with E-state index < -0.39 is 17.9 Å². The predicted molar refractivity (Wildman–Crippen MR) is 81.7 cm³/mol. The van der Waals surface area contributed by atoms with Crippen LogP contribution in [0, 0.1) is 0 Å². The Morgan fingerprint density at radius 3 is 2.64 bits per heavy atom. The van der Waals surface area contributed by atoms with E-state index in [1.54, 1.807) is 29.6 Å². The first kappa shape index (κ1) is 15.2. The van der Waals surface area contributed by atoms with Gasteiger partial charge in [-0.15, -0.1) is 11.3 Å². The van der Waals surface area contributed by atoms with Gasteiger partial charge >= 0.3 is 6.03 Å². The molecule has 1 aliphatic carbocycles. The van der Waals surface area contributed by atoms with E-state index in [-0.39, 0.29) is 13.0 Å². The molecule has 1 saturated carbocycles. The molecule has 1 aromatic carbocycles. The summed E-state index contributed by atoms with van der Waals surface area (Å²) in [7, 11) is 0. The first-order valence-electron chi connectivity index (χ1n) is 6.56. The number of aromatic nitrogens is 1. The van der Waals surface area contributed by atoms with Gasteiger partial charge in [0.15, 0.2) is 0 Å². The molecule has 1 aliphatic rings. The molecule has 116 valence electrons. The highest BCUT2D eigenvalue weighted by atomic mass is 35.5. The molecule has 1 heterocycles. The van der Waals surface area contributed by atoms with Crippen LogP contribution >= 0.6 is 22.9 Å². The molecule has 2 aromatic rings. The van der Waals surface area contributed by atoms with E-state index in [4.69, 9.17) is 11.6 Å². The Morgan fingerprint density at radius 1 is 1.41 bits per heavy atom. The van der Waals surface area contributed by atoms with Crippen LogP contribution in [0.25, 0.3) is 0 Å². The summed E-state index contributed by atoms with van der Waals surface area (Å²) in [6, 6.07) is 6.06. The number of carbonyl (C=O) groups excluding carboxylic acids is 1. The van der Waals surface area contributed by atoms with Crippen LogP contribution in [0.4, 0.5) is 19.3 Å². The van der Waals surface area contributed by atoms with E-state index in [0.29, 0.717) is 21.4 Å². The number of carbonyl (C=O) groups is 1. The van der Waals surface area contributed by atoms with E-state index >= 15 is 0 Å². The third kappa shape index (κ3) is 3.53. The monoisotopic (exact) mass is 343 g/mol. The van der Waals surface area contributed by atoms with Gasteiger partial charge in [0.05, 0.1) is 12.5 Å². The molecule has 0 aliphatic heterocycles. The van der Waals surface area contributed by atoms with Crippen molar-refractivity contribution in [3.63, 3.8) is 0 Å². The van der Waals surface area contributed by atoms with Crippen LogP contribution in [0.5, 0.6) is 0 Å². The number of nitrogens with zero attached hydrogens (tertiary/aromatic N) is 1. The van der Waals surface area contributed by atoms with Crippen LogP contribution in [0.2, 0.25) is 5.15 Å². The largest absolute Gasteiger partial charge is 0.331 e. The van der Waals surface area contributed by atoms with E-state index in [1.807, 2.05) is 0 Å². The molecule has 8 heteroatoms. The number of thiazole rings is 1. The molecule has 3 rings (SSSR count). The fourth-order valence-electron chi connectivity index (χ4n) is 2.07. The van der Waals surface area contributed by atoms with E-state index in [2.05, 4.69) is 15.6 Å². The highest BCUT2D eigenvalue weighted by Gasteiger charge is 2.57. The maximum atomic E-state index is 13.0. The van der Waals surface area contributed by atoms with Gasteiger partial charge < -0.3 is 10.6 Å². The second-order valence-electron chi connectivity index (χ2n) is 5.01. The van der Waals surface area contributed by atoms with Gasteiger partial charge in [0.1, 0.15) is 10.2 Å². The molecule has 0 saturated heterocycles. The molecule has 1 unspecified atom stereocenters. The number of benzene rings is 1. The Bertz CT molecular complexity index is 690. The van der Waals surface area contributed by atoms with Crippen molar-refractivity contribution < 1.29 is 13.6 Å². The number of anilines is 1. The van der Waals surface area contributed by atoms with Crippen molar-refractivity contribution >= 4 is 34.7 Å². The quantitative estimate of drug-likeness (QED) is 0.872. The Balaban J connectivity index is 1.51. The molecule has 0 radical (unpaired) electrons. The van der Waals surface area contributed by atoms with Gasteiger partial charge in [-0.05, 0) is 17.7 Å². The first-order chi connectivity index (χ1) is 10.4. The average molecular weight is 344 g/mol. The minimum Gasteiger partial charge on any atom is -0.331 e. The van der Waals surface area contributed by atoms with E-state index in [9.17, 15) is 13.6 Å². The number of halogens is 3. The number of urea groups is 1. The maximum absolute atomic E-state index is 13.0. The van der Waals surface area contributed by atoms with Crippen molar-refractivity contribution in [3.05, 3.63) is 45.4 Å². The summed E-state index contributed by atoms with van der Waals surface area (Å²) in [5.41, 5.74) is 1.13. The fraction of sp³-hybridized carbons (Fsp3) is 0.286. The lowest BCUT2D eigenvalue weighted by Gasteiger charge is -2.07. The zero-order valence-corrected chi connectivity index (χ0v) is 12.8. The third-order valence-corrected chi connectivity index (χ3v) is 4.49. The minimum absolute atomic E-state index is 0.101. The van der Waals surface area contributed by atoms with Gasteiger partial charge in [-0.3, -0.25) is 0 Å². The number of nitrogens with one attached hydrogen (secondary N) is 2. The highest BCUT2D eigenvalue weighted by Crippen LogP contribution is 2.55. The lowest BCUT2D eigenvalue weighted by Crippen LogP contribution is -2.28.